The van der Waals surface area contributed by atoms with Gasteiger partial charge in [0.2, 0.25) is 0 Å². The lowest BCUT2D eigenvalue weighted by atomic mass is 10.0. The Bertz CT molecular complexity index is 875. The second-order valence-corrected chi connectivity index (χ2v) is 6.06. The van der Waals surface area contributed by atoms with Crippen LogP contribution in [0.15, 0.2) is 60.1 Å². The fourth-order valence-corrected chi connectivity index (χ4v) is 3.17. The Hall–Kier alpha value is -2.89. The summed E-state index contributed by atoms with van der Waals surface area (Å²) in [6.45, 7) is 8.19. The maximum Gasteiger partial charge on any atom is 0.173 e. The van der Waals surface area contributed by atoms with Gasteiger partial charge in [-0.3, -0.25) is 4.99 Å². The van der Waals surface area contributed by atoms with Crippen molar-refractivity contribution in [3.8, 4) is 0 Å². The van der Waals surface area contributed by atoms with Crippen LogP contribution in [0.5, 0.6) is 0 Å². The van der Waals surface area contributed by atoms with Gasteiger partial charge in [-0.1, -0.05) is 13.5 Å². The summed E-state index contributed by atoms with van der Waals surface area (Å²) < 4.78 is 27.3. The maximum atomic E-state index is 13.7. The Morgan fingerprint density at radius 3 is 2.65 bits per heavy atom. The van der Waals surface area contributed by atoms with Gasteiger partial charge in [-0.2, -0.15) is 0 Å². The second-order valence-electron chi connectivity index (χ2n) is 6.06. The molecular formula is C20H20F2N4. The number of hydrogen-bond donors (Lipinski definition) is 0. The molecule has 26 heavy (non-hydrogen) atoms. The van der Waals surface area contributed by atoms with Gasteiger partial charge >= 0.3 is 0 Å². The van der Waals surface area contributed by atoms with Crippen LogP contribution in [0.4, 0.5) is 8.78 Å². The molecule has 1 aliphatic heterocycles. The van der Waals surface area contributed by atoms with Crippen molar-refractivity contribution in [2.45, 2.75) is 32.9 Å². The van der Waals surface area contributed by atoms with E-state index in [-0.39, 0.29) is 6.04 Å². The van der Waals surface area contributed by atoms with E-state index in [9.17, 15) is 8.78 Å². The van der Waals surface area contributed by atoms with Gasteiger partial charge in [0.15, 0.2) is 17.5 Å². The molecule has 1 aromatic carbocycles. The summed E-state index contributed by atoms with van der Waals surface area (Å²) in [5.41, 5.74) is 3.05. The first-order valence-electron chi connectivity index (χ1n) is 8.44. The maximum absolute atomic E-state index is 13.7. The molecule has 1 atom stereocenters. The standard InChI is InChI=1S/C20H20F2N4/c1-4-15(11-25-13(3)20-23-7-6-8-24-20)26-12-14-9-17(21)18(22)10-16(14)19(26)5-2/h4,6-11,19H,1,5,12H2,2-3H3/b15-11+,25-13?. The minimum absolute atomic E-state index is 0.0483. The first kappa shape index (κ1) is 17.9. The topological polar surface area (TPSA) is 41.4 Å². The third-order valence-corrected chi connectivity index (χ3v) is 4.47. The molecule has 0 amide bonds. The Balaban J connectivity index is 1.92. The molecule has 0 saturated heterocycles. The van der Waals surface area contributed by atoms with Crippen molar-refractivity contribution in [1.82, 2.24) is 14.9 Å². The van der Waals surface area contributed by atoms with E-state index in [1.165, 1.54) is 12.1 Å². The molecule has 1 aromatic heterocycles. The summed E-state index contributed by atoms with van der Waals surface area (Å²) in [4.78, 5) is 14.8. The number of allylic oxidation sites excluding steroid dienone is 1. The van der Waals surface area contributed by atoms with Crippen LogP contribution in [-0.4, -0.2) is 20.6 Å². The first-order chi connectivity index (χ1) is 12.5. The van der Waals surface area contributed by atoms with Crippen molar-refractivity contribution in [2.24, 2.45) is 4.99 Å². The molecule has 0 fully saturated rings. The van der Waals surface area contributed by atoms with E-state index in [4.69, 9.17) is 0 Å². The highest BCUT2D eigenvalue weighted by Crippen LogP contribution is 2.39. The molecule has 3 rings (SSSR count). The van der Waals surface area contributed by atoms with E-state index in [0.717, 1.165) is 23.2 Å². The lowest BCUT2D eigenvalue weighted by molar-refractivity contribution is 0.280. The SMILES string of the molecule is C=C/C(=C\N=C(C)c1ncccn1)N1Cc2cc(F)c(F)cc2C1CC. The van der Waals surface area contributed by atoms with E-state index in [2.05, 4.69) is 26.4 Å². The molecule has 0 bridgehead atoms. The third kappa shape index (κ3) is 3.40. The number of aromatic nitrogens is 2. The number of rotatable bonds is 5. The summed E-state index contributed by atoms with van der Waals surface area (Å²) in [6, 6.07) is 4.27. The molecule has 0 aliphatic carbocycles. The van der Waals surface area contributed by atoms with E-state index >= 15 is 0 Å². The smallest absolute Gasteiger partial charge is 0.173 e. The molecule has 134 valence electrons. The number of halogens is 2. The molecule has 1 unspecified atom stereocenters. The Kier molecular flexibility index (Phi) is 5.21. The lowest BCUT2D eigenvalue weighted by Crippen LogP contribution is -2.20. The third-order valence-electron chi connectivity index (χ3n) is 4.47. The largest absolute Gasteiger partial charge is 0.359 e. The molecular weight excluding hydrogens is 334 g/mol. The van der Waals surface area contributed by atoms with E-state index in [1.807, 2.05) is 13.8 Å². The van der Waals surface area contributed by atoms with Gasteiger partial charge in [-0.25, -0.2) is 18.7 Å². The van der Waals surface area contributed by atoms with Crippen LogP contribution in [0.1, 0.15) is 43.3 Å². The van der Waals surface area contributed by atoms with Crippen LogP contribution >= 0.6 is 0 Å². The first-order valence-corrected chi connectivity index (χ1v) is 8.44. The monoisotopic (exact) mass is 354 g/mol. The van der Waals surface area contributed by atoms with Gasteiger partial charge in [0.05, 0.1) is 23.7 Å². The van der Waals surface area contributed by atoms with Crippen LogP contribution in [0.2, 0.25) is 0 Å². The van der Waals surface area contributed by atoms with Crippen molar-refractivity contribution < 1.29 is 8.78 Å². The van der Waals surface area contributed by atoms with Crippen LogP contribution in [0, 0.1) is 11.6 Å². The van der Waals surface area contributed by atoms with Crippen LogP contribution in [-0.2, 0) is 6.54 Å². The highest BCUT2D eigenvalue weighted by Gasteiger charge is 2.31. The van der Waals surface area contributed by atoms with Gasteiger partial charge in [0.1, 0.15) is 0 Å². The fourth-order valence-electron chi connectivity index (χ4n) is 3.17. The zero-order chi connectivity index (χ0) is 18.7. The van der Waals surface area contributed by atoms with E-state index < -0.39 is 11.6 Å². The molecule has 6 heteroatoms. The van der Waals surface area contributed by atoms with Crippen molar-refractivity contribution in [2.75, 3.05) is 0 Å². The highest BCUT2D eigenvalue weighted by atomic mass is 19.2. The number of aliphatic imine (C=N–C) groups is 1. The summed E-state index contributed by atoms with van der Waals surface area (Å²) in [5, 5.41) is 0. The Morgan fingerprint density at radius 1 is 1.31 bits per heavy atom. The van der Waals surface area contributed by atoms with Gasteiger partial charge in [0, 0.05) is 18.9 Å². The van der Waals surface area contributed by atoms with Crippen molar-refractivity contribution in [3.63, 3.8) is 0 Å². The minimum atomic E-state index is -0.820. The van der Waals surface area contributed by atoms with Crippen LogP contribution in [0.25, 0.3) is 0 Å². The highest BCUT2D eigenvalue weighted by molar-refractivity contribution is 5.95. The van der Waals surface area contributed by atoms with Crippen LogP contribution < -0.4 is 0 Å². The Morgan fingerprint density at radius 2 is 2.00 bits per heavy atom. The molecule has 2 heterocycles. The summed E-state index contributed by atoms with van der Waals surface area (Å²) in [5.74, 6) is -1.09. The average Bonchev–Trinajstić information content (AvgIpc) is 3.00. The zero-order valence-corrected chi connectivity index (χ0v) is 14.8. The van der Waals surface area contributed by atoms with E-state index in [1.54, 1.807) is 30.7 Å². The van der Waals surface area contributed by atoms with Crippen molar-refractivity contribution in [3.05, 3.63) is 83.7 Å². The molecule has 2 aromatic rings. The average molecular weight is 354 g/mol. The second kappa shape index (κ2) is 7.56. The molecule has 0 spiro atoms. The predicted molar refractivity (Wildman–Crippen MR) is 97.5 cm³/mol. The van der Waals surface area contributed by atoms with Gasteiger partial charge in [-0.15, -0.1) is 0 Å². The van der Waals surface area contributed by atoms with Gasteiger partial charge < -0.3 is 4.90 Å². The minimum Gasteiger partial charge on any atom is -0.359 e. The molecule has 0 radical (unpaired) electrons. The summed E-state index contributed by atoms with van der Waals surface area (Å²) >= 11 is 0. The molecule has 1 aliphatic rings. The summed E-state index contributed by atoms with van der Waals surface area (Å²) in [6.07, 6.45) is 7.47. The van der Waals surface area contributed by atoms with Crippen molar-refractivity contribution in [1.29, 1.82) is 0 Å². The van der Waals surface area contributed by atoms with Crippen LogP contribution in [0.3, 0.4) is 0 Å². The van der Waals surface area contributed by atoms with E-state index in [0.29, 0.717) is 18.1 Å². The number of hydrogen-bond acceptors (Lipinski definition) is 4. The normalized spacial score (nSPS) is 17.4. The molecule has 4 nitrogen and oxygen atoms in total. The summed E-state index contributed by atoms with van der Waals surface area (Å²) in [7, 11) is 0. The number of nitrogens with zero attached hydrogens (tertiary/aromatic N) is 4. The lowest BCUT2D eigenvalue weighted by Gasteiger charge is -2.27. The zero-order valence-electron chi connectivity index (χ0n) is 14.8. The van der Waals surface area contributed by atoms with Crippen molar-refractivity contribution >= 4 is 5.71 Å². The molecule has 0 saturated carbocycles. The fraction of sp³-hybridized carbons (Fsp3) is 0.250. The number of benzene rings is 1. The number of fused-ring (bicyclic) bond motifs is 1. The molecule has 0 N–H and O–H groups in total. The quantitative estimate of drug-likeness (QED) is 0.584. The van der Waals surface area contributed by atoms with Gasteiger partial charge in [-0.05, 0) is 48.7 Å². The van der Waals surface area contributed by atoms with Gasteiger partial charge in [0.25, 0.3) is 0 Å². The Labute approximate surface area is 151 Å². The predicted octanol–water partition coefficient (Wildman–Crippen LogP) is 4.56.